The molecule has 0 radical (unpaired) electrons. The SMILES string of the molecule is CC1=NC(C)[NH+]=C(Cl)N1. The van der Waals surface area contributed by atoms with E-state index in [-0.39, 0.29) is 6.17 Å². The number of hydrogen-bond acceptors (Lipinski definition) is 2. The molecule has 4 heteroatoms. The summed E-state index contributed by atoms with van der Waals surface area (Å²) in [5, 5.41) is 3.38. The highest BCUT2D eigenvalue weighted by Crippen LogP contribution is 1.83. The minimum absolute atomic E-state index is 0.0961. The van der Waals surface area contributed by atoms with E-state index in [9.17, 15) is 0 Å². The van der Waals surface area contributed by atoms with E-state index in [1.54, 1.807) is 0 Å². The molecule has 1 aliphatic rings. The fourth-order valence-electron chi connectivity index (χ4n) is 0.733. The van der Waals surface area contributed by atoms with Gasteiger partial charge in [-0.15, -0.1) is 0 Å². The third-order valence-corrected chi connectivity index (χ3v) is 1.22. The quantitative estimate of drug-likeness (QED) is 0.424. The number of nitrogens with zero attached hydrogens (tertiary/aromatic N) is 1. The van der Waals surface area contributed by atoms with Gasteiger partial charge in [-0.25, -0.2) is 15.3 Å². The zero-order valence-corrected chi connectivity index (χ0v) is 6.16. The minimum atomic E-state index is 0.0961. The van der Waals surface area contributed by atoms with Gasteiger partial charge in [0.05, 0.1) is 0 Å². The Labute approximate surface area is 58.8 Å². The topological polar surface area (TPSA) is 38.4 Å². The van der Waals surface area contributed by atoms with Crippen LogP contribution in [0.1, 0.15) is 13.8 Å². The Bertz CT molecular complexity index is 155. The lowest BCUT2D eigenvalue weighted by Crippen LogP contribution is -2.81. The van der Waals surface area contributed by atoms with E-state index in [0.717, 1.165) is 5.84 Å². The molecule has 0 aromatic heterocycles. The highest BCUT2D eigenvalue weighted by Gasteiger charge is 2.12. The van der Waals surface area contributed by atoms with Crippen molar-refractivity contribution >= 4 is 22.7 Å². The first kappa shape index (κ1) is 6.55. The minimum Gasteiger partial charge on any atom is -0.241 e. The van der Waals surface area contributed by atoms with Gasteiger partial charge in [0, 0.05) is 18.5 Å². The maximum Gasteiger partial charge on any atom is 0.348 e. The summed E-state index contributed by atoms with van der Waals surface area (Å²) in [6.45, 7) is 3.81. The van der Waals surface area contributed by atoms with E-state index in [2.05, 4.69) is 15.3 Å². The molecule has 0 aromatic rings. The molecule has 1 rings (SSSR count). The van der Waals surface area contributed by atoms with E-state index in [1.165, 1.54) is 0 Å². The number of rotatable bonds is 0. The van der Waals surface area contributed by atoms with Gasteiger partial charge in [-0.3, -0.25) is 0 Å². The molecular weight excluding hydrogens is 138 g/mol. The first-order chi connectivity index (χ1) is 4.18. The number of hydrogen-bond donors (Lipinski definition) is 2. The van der Waals surface area contributed by atoms with Crippen molar-refractivity contribution in [2.75, 3.05) is 0 Å². The van der Waals surface area contributed by atoms with Crippen molar-refractivity contribution in [1.29, 1.82) is 0 Å². The Morgan fingerprint density at radius 3 is 2.89 bits per heavy atom. The maximum atomic E-state index is 5.62. The van der Waals surface area contributed by atoms with Crippen molar-refractivity contribution in [3.8, 4) is 0 Å². The molecule has 0 amide bonds. The smallest absolute Gasteiger partial charge is 0.241 e. The van der Waals surface area contributed by atoms with Gasteiger partial charge in [0.15, 0.2) is 12.0 Å². The van der Waals surface area contributed by atoms with Crippen LogP contribution in [-0.2, 0) is 0 Å². The molecule has 0 saturated heterocycles. The third-order valence-electron chi connectivity index (χ3n) is 1.01. The molecule has 9 heavy (non-hydrogen) atoms. The van der Waals surface area contributed by atoms with Crippen LogP contribution in [0.25, 0.3) is 0 Å². The molecule has 3 nitrogen and oxygen atoms in total. The molecule has 0 spiro atoms. The lowest BCUT2D eigenvalue weighted by Gasteiger charge is -2.05. The van der Waals surface area contributed by atoms with E-state index >= 15 is 0 Å². The van der Waals surface area contributed by atoms with Crippen molar-refractivity contribution < 1.29 is 4.99 Å². The third kappa shape index (κ3) is 1.68. The van der Waals surface area contributed by atoms with Crippen molar-refractivity contribution in [3.63, 3.8) is 0 Å². The van der Waals surface area contributed by atoms with Crippen molar-refractivity contribution in [3.05, 3.63) is 0 Å². The summed E-state index contributed by atoms with van der Waals surface area (Å²) < 4.78 is 0. The molecule has 1 unspecified atom stereocenters. The van der Waals surface area contributed by atoms with Gasteiger partial charge in [-0.05, 0) is 6.92 Å². The van der Waals surface area contributed by atoms with Crippen LogP contribution in [0, 0.1) is 0 Å². The fourth-order valence-corrected chi connectivity index (χ4v) is 1.03. The predicted octanol–water partition coefficient (Wildman–Crippen LogP) is -0.971. The number of halogens is 1. The monoisotopic (exact) mass is 146 g/mol. The lowest BCUT2D eigenvalue weighted by atomic mass is 10.5. The lowest BCUT2D eigenvalue weighted by molar-refractivity contribution is -0.496. The number of amidine groups is 2. The second-order valence-electron chi connectivity index (χ2n) is 1.97. The van der Waals surface area contributed by atoms with Crippen LogP contribution < -0.4 is 10.3 Å². The molecule has 1 aliphatic heterocycles. The molecule has 0 aliphatic carbocycles. The Kier molecular flexibility index (Phi) is 1.71. The van der Waals surface area contributed by atoms with E-state index < -0.39 is 0 Å². The molecule has 0 fully saturated rings. The van der Waals surface area contributed by atoms with Crippen LogP contribution in [-0.4, -0.2) is 17.3 Å². The summed E-state index contributed by atoms with van der Waals surface area (Å²) in [6, 6.07) is 0. The summed E-state index contributed by atoms with van der Waals surface area (Å²) in [4.78, 5) is 7.02. The second-order valence-corrected chi connectivity index (χ2v) is 2.35. The van der Waals surface area contributed by atoms with Crippen LogP contribution in [0.4, 0.5) is 0 Å². The number of aliphatic imine (C=N–C) groups is 1. The highest BCUT2D eigenvalue weighted by molar-refractivity contribution is 6.64. The van der Waals surface area contributed by atoms with Crippen molar-refractivity contribution in [1.82, 2.24) is 5.32 Å². The Hall–Kier alpha value is -0.570. The van der Waals surface area contributed by atoms with Gasteiger partial charge in [0.25, 0.3) is 0 Å². The average molecular weight is 147 g/mol. The maximum absolute atomic E-state index is 5.62. The summed E-state index contributed by atoms with van der Waals surface area (Å²) in [5.74, 6) is 0.853. The molecule has 50 valence electrons. The van der Waals surface area contributed by atoms with E-state index in [0.29, 0.717) is 5.29 Å². The molecule has 0 saturated carbocycles. The molecule has 0 bridgehead atoms. The molecule has 2 N–H and O–H groups in total. The zero-order valence-electron chi connectivity index (χ0n) is 5.40. The summed E-state index contributed by atoms with van der Waals surface area (Å²) in [6.07, 6.45) is 0.0961. The van der Waals surface area contributed by atoms with E-state index in [1.807, 2.05) is 13.8 Å². The van der Waals surface area contributed by atoms with Gasteiger partial charge < -0.3 is 0 Å². The van der Waals surface area contributed by atoms with Crippen LogP contribution in [0.5, 0.6) is 0 Å². The zero-order chi connectivity index (χ0) is 6.85. The first-order valence-electron chi connectivity index (χ1n) is 2.79. The summed E-state index contributed by atoms with van der Waals surface area (Å²) >= 11 is 5.62. The fraction of sp³-hybridized carbons (Fsp3) is 0.600. The van der Waals surface area contributed by atoms with Gasteiger partial charge in [0.1, 0.15) is 0 Å². The summed E-state index contributed by atoms with van der Waals surface area (Å²) in [5.41, 5.74) is 0. The van der Waals surface area contributed by atoms with Crippen LogP contribution >= 0.6 is 11.6 Å². The standard InChI is InChI=1S/C5H8ClN3/c1-3-7-4(2)9-5(6)8-3/h3H,1-2H3,(H,7,8,9)/p+1. The Balaban J connectivity index is 2.69. The second kappa shape index (κ2) is 2.35. The summed E-state index contributed by atoms with van der Waals surface area (Å²) in [7, 11) is 0. The molecule has 1 atom stereocenters. The van der Waals surface area contributed by atoms with Crippen molar-refractivity contribution in [2.45, 2.75) is 20.0 Å². The molecular formula is C5H9ClN3+. The molecule has 1 heterocycles. The first-order valence-corrected chi connectivity index (χ1v) is 3.16. The highest BCUT2D eigenvalue weighted by atomic mass is 35.5. The average Bonchev–Trinajstić information content (AvgIpc) is 1.59. The van der Waals surface area contributed by atoms with Gasteiger partial charge >= 0.3 is 5.29 Å². The molecule has 0 aromatic carbocycles. The van der Waals surface area contributed by atoms with Crippen LogP contribution in [0.15, 0.2) is 4.99 Å². The van der Waals surface area contributed by atoms with E-state index in [4.69, 9.17) is 11.6 Å². The van der Waals surface area contributed by atoms with Crippen LogP contribution in [0.3, 0.4) is 0 Å². The largest absolute Gasteiger partial charge is 0.348 e. The Morgan fingerprint density at radius 2 is 2.44 bits per heavy atom. The predicted molar refractivity (Wildman–Crippen MR) is 37.5 cm³/mol. The van der Waals surface area contributed by atoms with Crippen molar-refractivity contribution in [2.24, 2.45) is 4.99 Å². The van der Waals surface area contributed by atoms with Gasteiger partial charge in [0.2, 0.25) is 0 Å². The number of nitrogens with one attached hydrogen (secondary N) is 2. The van der Waals surface area contributed by atoms with Gasteiger partial charge in [-0.1, -0.05) is 0 Å². The van der Waals surface area contributed by atoms with Gasteiger partial charge in [-0.2, -0.15) is 0 Å². The normalized spacial score (nSPS) is 26.3. The van der Waals surface area contributed by atoms with Crippen LogP contribution in [0.2, 0.25) is 0 Å². The Morgan fingerprint density at radius 1 is 1.78 bits per heavy atom.